The minimum Gasteiger partial charge on any atom is -0.393 e. The van der Waals surface area contributed by atoms with E-state index in [1.54, 1.807) is 0 Å². The highest BCUT2D eigenvalue weighted by Crippen LogP contribution is 2.16. The van der Waals surface area contributed by atoms with Gasteiger partial charge in [0, 0.05) is 0 Å². The van der Waals surface area contributed by atoms with Crippen molar-refractivity contribution in [3.05, 3.63) is 0 Å². The molecule has 0 amide bonds. The molecule has 1 nitrogen and oxygen atoms in total. The molecular formula is C30H62O. The number of aliphatic hydroxyl groups excluding tert-OH is 1. The Hall–Kier alpha value is -0.0400. The molecule has 0 fully saturated rings. The first kappa shape index (κ1) is 31.0. The smallest absolute Gasteiger partial charge is 0.0540 e. The van der Waals surface area contributed by atoms with Gasteiger partial charge in [-0.2, -0.15) is 0 Å². The van der Waals surface area contributed by atoms with Gasteiger partial charge in [-0.05, 0) is 12.8 Å². The molecule has 31 heavy (non-hydrogen) atoms. The maximum Gasteiger partial charge on any atom is 0.0540 e. The third kappa shape index (κ3) is 27.9. The average Bonchev–Trinajstić information content (AvgIpc) is 2.77. The summed E-state index contributed by atoms with van der Waals surface area (Å²) in [6, 6.07) is 0. The summed E-state index contributed by atoms with van der Waals surface area (Å²) in [5.41, 5.74) is 0. The summed E-state index contributed by atoms with van der Waals surface area (Å²) in [7, 11) is 0. The highest BCUT2D eigenvalue weighted by atomic mass is 16.3. The van der Waals surface area contributed by atoms with Gasteiger partial charge in [-0.3, -0.25) is 0 Å². The van der Waals surface area contributed by atoms with Gasteiger partial charge in [0.2, 0.25) is 0 Å². The molecule has 0 aliphatic carbocycles. The Morgan fingerprint density at radius 1 is 0.323 bits per heavy atom. The molecule has 1 atom stereocenters. The van der Waals surface area contributed by atoms with Gasteiger partial charge in [-0.15, -0.1) is 0 Å². The third-order valence-corrected chi connectivity index (χ3v) is 7.03. The fraction of sp³-hybridized carbons (Fsp3) is 1.00. The molecule has 0 aliphatic rings. The Morgan fingerprint density at radius 2 is 0.516 bits per heavy atom. The highest BCUT2D eigenvalue weighted by molar-refractivity contribution is 4.58. The number of hydrogen-bond donors (Lipinski definition) is 1. The maximum atomic E-state index is 10.2. The Morgan fingerprint density at radius 3 is 0.742 bits per heavy atom. The van der Waals surface area contributed by atoms with Gasteiger partial charge in [-0.1, -0.05) is 174 Å². The minimum absolute atomic E-state index is 0.0315. The number of hydrogen-bond acceptors (Lipinski definition) is 1. The summed E-state index contributed by atoms with van der Waals surface area (Å²) < 4.78 is 0. The zero-order chi connectivity index (χ0) is 22.7. The SMILES string of the molecule is CCCCCCCCCCCCCCCCCC(O)CCCCCCCCCCCC. The van der Waals surface area contributed by atoms with E-state index in [2.05, 4.69) is 13.8 Å². The maximum absolute atomic E-state index is 10.2. The lowest BCUT2D eigenvalue weighted by molar-refractivity contribution is 0.147. The van der Waals surface area contributed by atoms with Crippen LogP contribution in [0.5, 0.6) is 0 Å². The lowest BCUT2D eigenvalue weighted by Crippen LogP contribution is -2.05. The average molecular weight is 439 g/mol. The summed E-state index contributed by atoms with van der Waals surface area (Å²) in [5.74, 6) is 0. The van der Waals surface area contributed by atoms with E-state index in [-0.39, 0.29) is 6.10 Å². The first-order valence-corrected chi connectivity index (χ1v) is 15.0. The van der Waals surface area contributed by atoms with E-state index in [9.17, 15) is 5.11 Å². The molecule has 0 heterocycles. The molecule has 0 spiro atoms. The molecule has 0 bridgehead atoms. The van der Waals surface area contributed by atoms with E-state index in [4.69, 9.17) is 0 Å². The normalized spacial score (nSPS) is 12.5. The molecule has 1 heteroatoms. The van der Waals surface area contributed by atoms with Crippen LogP contribution < -0.4 is 0 Å². The second-order valence-corrected chi connectivity index (χ2v) is 10.4. The number of unbranched alkanes of at least 4 members (excludes halogenated alkanes) is 23. The molecule has 0 aromatic rings. The van der Waals surface area contributed by atoms with Crippen LogP contribution in [0.15, 0.2) is 0 Å². The van der Waals surface area contributed by atoms with E-state index in [1.165, 1.54) is 161 Å². The van der Waals surface area contributed by atoms with Crippen LogP contribution in [0.2, 0.25) is 0 Å². The van der Waals surface area contributed by atoms with Crippen molar-refractivity contribution < 1.29 is 5.11 Å². The molecule has 0 rings (SSSR count). The number of aliphatic hydroxyl groups is 1. The summed E-state index contributed by atoms with van der Waals surface area (Å²) >= 11 is 0. The molecule has 0 radical (unpaired) electrons. The standard InChI is InChI=1S/C30H62O/c1-3-5-7-9-11-13-15-16-17-18-19-21-23-25-27-29-30(31)28-26-24-22-20-14-12-10-8-6-4-2/h30-31H,3-29H2,1-2H3. The summed E-state index contributed by atoms with van der Waals surface area (Å²) in [6.07, 6.45) is 37.1. The molecule has 0 aromatic heterocycles. The topological polar surface area (TPSA) is 20.2 Å². The molecule has 1 N–H and O–H groups in total. The van der Waals surface area contributed by atoms with E-state index in [0.717, 1.165) is 12.8 Å². The fourth-order valence-electron chi connectivity index (χ4n) is 4.76. The Labute approximate surface area is 198 Å². The third-order valence-electron chi connectivity index (χ3n) is 7.03. The molecule has 0 aromatic carbocycles. The van der Waals surface area contributed by atoms with E-state index in [1.807, 2.05) is 0 Å². The van der Waals surface area contributed by atoms with E-state index >= 15 is 0 Å². The molecule has 0 saturated carbocycles. The van der Waals surface area contributed by atoms with Crippen LogP contribution >= 0.6 is 0 Å². The van der Waals surface area contributed by atoms with Gasteiger partial charge < -0.3 is 5.11 Å². The van der Waals surface area contributed by atoms with Crippen molar-refractivity contribution in [1.82, 2.24) is 0 Å². The largest absolute Gasteiger partial charge is 0.393 e. The van der Waals surface area contributed by atoms with Gasteiger partial charge in [0.25, 0.3) is 0 Å². The lowest BCUT2D eigenvalue weighted by atomic mass is 10.0. The van der Waals surface area contributed by atoms with E-state index < -0.39 is 0 Å². The quantitative estimate of drug-likeness (QED) is 0.126. The Bertz CT molecular complexity index is 301. The van der Waals surface area contributed by atoms with Gasteiger partial charge in [0.05, 0.1) is 6.10 Å². The van der Waals surface area contributed by atoms with Gasteiger partial charge in [0.1, 0.15) is 0 Å². The van der Waals surface area contributed by atoms with Crippen molar-refractivity contribution in [2.45, 2.75) is 193 Å². The molecule has 0 aliphatic heterocycles. The van der Waals surface area contributed by atoms with Crippen LogP contribution in [-0.2, 0) is 0 Å². The number of rotatable bonds is 27. The van der Waals surface area contributed by atoms with E-state index in [0.29, 0.717) is 0 Å². The second kappa shape index (κ2) is 28.0. The summed E-state index contributed by atoms with van der Waals surface area (Å²) in [5, 5.41) is 10.2. The first-order chi connectivity index (χ1) is 15.3. The molecule has 1 unspecified atom stereocenters. The predicted molar refractivity (Wildman–Crippen MR) is 142 cm³/mol. The minimum atomic E-state index is -0.0315. The zero-order valence-electron chi connectivity index (χ0n) is 22.1. The molecule has 188 valence electrons. The summed E-state index contributed by atoms with van der Waals surface area (Å²) in [4.78, 5) is 0. The van der Waals surface area contributed by atoms with Crippen LogP contribution in [-0.4, -0.2) is 11.2 Å². The predicted octanol–water partition coefficient (Wildman–Crippen LogP) is 10.9. The van der Waals surface area contributed by atoms with Crippen molar-refractivity contribution in [2.75, 3.05) is 0 Å². The van der Waals surface area contributed by atoms with Crippen molar-refractivity contribution in [3.8, 4) is 0 Å². The first-order valence-electron chi connectivity index (χ1n) is 15.0. The van der Waals surface area contributed by atoms with Crippen LogP contribution in [0.1, 0.15) is 187 Å². The van der Waals surface area contributed by atoms with Crippen LogP contribution in [0.25, 0.3) is 0 Å². The van der Waals surface area contributed by atoms with Crippen LogP contribution in [0.3, 0.4) is 0 Å². The van der Waals surface area contributed by atoms with Gasteiger partial charge >= 0.3 is 0 Å². The monoisotopic (exact) mass is 438 g/mol. The second-order valence-electron chi connectivity index (χ2n) is 10.4. The molecular weight excluding hydrogens is 376 g/mol. The van der Waals surface area contributed by atoms with Gasteiger partial charge in [0.15, 0.2) is 0 Å². The van der Waals surface area contributed by atoms with Crippen molar-refractivity contribution in [1.29, 1.82) is 0 Å². The van der Waals surface area contributed by atoms with Gasteiger partial charge in [-0.25, -0.2) is 0 Å². The van der Waals surface area contributed by atoms with Crippen molar-refractivity contribution in [2.24, 2.45) is 0 Å². The highest BCUT2D eigenvalue weighted by Gasteiger charge is 2.04. The van der Waals surface area contributed by atoms with Crippen molar-refractivity contribution in [3.63, 3.8) is 0 Å². The lowest BCUT2D eigenvalue weighted by Gasteiger charge is -2.10. The van der Waals surface area contributed by atoms with Crippen molar-refractivity contribution >= 4 is 0 Å². The zero-order valence-corrected chi connectivity index (χ0v) is 22.1. The fourth-order valence-corrected chi connectivity index (χ4v) is 4.76. The van der Waals surface area contributed by atoms with Crippen LogP contribution in [0.4, 0.5) is 0 Å². The Kier molecular flexibility index (Phi) is 28.0. The Balaban J connectivity index is 3.12. The summed E-state index contributed by atoms with van der Waals surface area (Å²) in [6.45, 7) is 4.58. The molecule has 0 saturated heterocycles. The van der Waals surface area contributed by atoms with Crippen LogP contribution in [0, 0.1) is 0 Å².